The highest BCUT2D eigenvalue weighted by molar-refractivity contribution is 6.03. The number of fused-ring (bicyclic) bond motifs is 1. The first-order valence-electron chi connectivity index (χ1n) is 10.1. The van der Waals surface area contributed by atoms with Crippen molar-refractivity contribution in [1.29, 1.82) is 0 Å². The molecule has 30 heavy (non-hydrogen) atoms. The van der Waals surface area contributed by atoms with Crippen molar-refractivity contribution >= 4 is 28.3 Å². The Balaban J connectivity index is 1.66. The second kappa shape index (κ2) is 8.02. The summed E-state index contributed by atoms with van der Waals surface area (Å²) in [7, 11) is 0. The normalized spacial score (nSPS) is 11.1. The minimum absolute atomic E-state index is 0.266. The molecule has 0 aliphatic rings. The molecule has 0 aliphatic heterocycles. The average Bonchev–Trinajstić information content (AvgIpc) is 3.39. The fourth-order valence-electron chi connectivity index (χ4n) is 3.55. The van der Waals surface area contributed by atoms with Crippen molar-refractivity contribution in [2.75, 3.05) is 23.3 Å². The Morgan fingerprint density at radius 1 is 1.03 bits per heavy atom. The summed E-state index contributed by atoms with van der Waals surface area (Å²) in [5.74, 6) is -0.0280. The van der Waals surface area contributed by atoms with Crippen LogP contribution in [-0.4, -0.2) is 34.0 Å². The van der Waals surface area contributed by atoms with Gasteiger partial charge < -0.3 is 14.6 Å². The van der Waals surface area contributed by atoms with Crippen LogP contribution >= 0.6 is 0 Å². The number of rotatable bonds is 6. The van der Waals surface area contributed by atoms with Crippen molar-refractivity contribution in [1.82, 2.24) is 15.0 Å². The zero-order chi connectivity index (χ0) is 21.3. The minimum atomic E-state index is -0.294. The molecule has 0 aliphatic carbocycles. The van der Waals surface area contributed by atoms with Gasteiger partial charge in [0.05, 0.1) is 12.0 Å². The maximum absolute atomic E-state index is 12.3. The lowest BCUT2D eigenvalue weighted by molar-refractivity contribution is 0.0996. The van der Waals surface area contributed by atoms with E-state index in [2.05, 4.69) is 53.3 Å². The van der Waals surface area contributed by atoms with Crippen LogP contribution in [0.2, 0.25) is 0 Å². The number of benzene rings is 2. The average molecular weight is 403 g/mol. The molecule has 2 aromatic heterocycles. The molecule has 0 unspecified atom stereocenters. The van der Waals surface area contributed by atoms with Gasteiger partial charge in [0.2, 0.25) is 0 Å². The number of hydrogen-bond donors (Lipinski definition) is 1. The lowest BCUT2D eigenvalue weighted by atomic mass is 10.1. The number of nitrogens with one attached hydrogen (secondary N) is 1. The maximum Gasteiger partial charge on any atom is 0.291 e. The molecule has 2 heterocycles. The van der Waals surface area contributed by atoms with Crippen molar-refractivity contribution in [2.24, 2.45) is 0 Å². The van der Waals surface area contributed by atoms with Gasteiger partial charge in [-0.15, -0.1) is 10.2 Å². The van der Waals surface area contributed by atoms with Crippen molar-refractivity contribution < 1.29 is 9.21 Å². The van der Waals surface area contributed by atoms with Gasteiger partial charge in [0.15, 0.2) is 5.76 Å². The third kappa shape index (κ3) is 3.66. The molecular weight excluding hydrogens is 378 g/mol. The number of carbonyl (C=O) groups excluding carboxylic acids is 1. The van der Waals surface area contributed by atoms with Crippen molar-refractivity contribution in [2.45, 2.75) is 27.7 Å². The van der Waals surface area contributed by atoms with Gasteiger partial charge in [-0.1, -0.05) is 0 Å². The van der Waals surface area contributed by atoms with Crippen LogP contribution in [0, 0.1) is 13.8 Å². The van der Waals surface area contributed by atoms with E-state index in [9.17, 15) is 4.79 Å². The van der Waals surface area contributed by atoms with Crippen LogP contribution in [0.1, 0.15) is 35.5 Å². The molecule has 0 fully saturated rings. The van der Waals surface area contributed by atoms with Crippen molar-refractivity contribution in [3.8, 4) is 5.69 Å². The van der Waals surface area contributed by atoms with Crippen LogP contribution in [-0.2, 0) is 0 Å². The van der Waals surface area contributed by atoms with Crippen molar-refractivity contribution in [3.05, 3.63) is 65.6 Å². The first kappa shape index (κ1) is 19.7. The largest absolute Gasteiger partial charge is 0.459 e. The van der Waals surface area contributed by atoms with Gasteiger partial charge in [-0.25, -0.2) is 0 Å². The van der Waals surface area contributed by atoms with Gasteiger partial charge in [0, 0.05) is 24.5 Å². The highest BCUT2D eigenvalue weighted by Gasteiger charge is 2.14. The molecule has 7 nitrogen and oxygen atoms in total. The van der Waals surface area contributed by atoms with Gasteiger partial charge in [0.25, 0.3) is 5.91 Å². The van der Waals surface area contributed by atoms with Crippen LogP contribution in [0.25, 0.3) is 16.7 Å². The number of aryl methyl sites for hydroxylation is 2. The predicted octanol–water partition coefficient (Wildman–Crippen LogP) is 4.73. The second-order valence-corrected chi connectivity index (χ2v) is 7.22. The van der Waals surface area contributed by atoms with Crippen LogP contribution < -0.4 is 10.2 Å². The van der Waals surface area contributed by atoms with Gasteiger partial charge in [0.1, 0.15) is 11.0 Å². The summed E-state index contributed by atoms with van der Waals surface area (Å²) in [5.41, 5.74) is 6.30. The highest BCUT2D eigenvalue weighted by atomic mass is 16.3. The Bertz CT molecular complexity index is 1190. The summed E-state index contributed by atoms with van der Waals surface area (Å²) in [6.45, 7) is 10.2. The molecule has 154 valence electrons. The summed E-state index contributed by atoms with van der Waals surface area (Å²) in [4.78, 5) is 16.3. The quantitative estimate of drug-likeness (QED) is 0.504. The number of aromatic nitrogens is 3. The Labute approximate surface area is 175 Å². The molecule has 0 saturated carbocycles. The lowest BCUT2D eigenvalue weighted by Crippen LogP contribution is -2.21. The van der Waals surface area contributed by atoms with Gasteiger partial charge in [-0.05, 0) is 81.3 Å². The van der Waals surface area contributed by atoms with E-state index in [0.717, 1.165) is 35.4 Å². The molecule has 4 aromatic rings. The third-order valence-electron chi connectivity index (χ3n) is 5.24. The Morgan fingerprint density at radius 3 is 2.40 bits per heavy atom. The monoisotopic (exact) mass is 403 g/mol. The lowest BCUT2D eigenvalue weighted by Gasteiger charge is -2.22. The molecule has 0 spiro atoms. The van der Waals surface area contributed by atoms with E-state index in [1.54, 1.807) is 16.9 Å². The first-order chi connectivity index (χ1) is 14.5. The number of furan rings is 1. The van der Waals surface area contributed by atoms with Crippen LogP contribution in [0.3, 0.4) is 0 Å². The Morgan fingerprint density at radius 2 is 1.77 bits per heavy atom. The molecule has 0 saturated heterocycles. The molecule has 2 aromatic carbocycles. The predicted molar refractivity (Wildman–Crippen MR) is 119 cm³/mol. The van der Waals surface area contributed by atoms with E-state index < -0.39 is 0 Å². The van der Waals surface area contributed by atoms with Crippen molar-refractivity contribution in [3.63, 3.8) is 0 Å². The fraction of sp³-hybridized carbons (Fsp3) is 0.261. The smallest absolute Gasteiger partial charge is 0.291 e. The molecule has 4 rings (SSSR count). The molecule has 0 radical (unpaired) electrons. The Hall–Kier alpha value is -3.61. The number of hydrogen-bond acceptors (Lipinski definition) is 5. The van der Waals surface area contributed by atoms with Gasteiger partial charge in [-0.3, -0.25) is 4.79 Å². The van der Waals surface area contributed by atoms with E-state index in [4.69, 9.17) is 4.42 Å². The SMILES string of the molecule is CCN(CC)c1ccc(-n2nc3cc(C)c(NC(=O)c4ccco4)cc3n2)c(C)c1. The van der Waals surface area contributed by atoms with E-state index in [1.807, 2.05) is 25.1 Å². The van der Waals surface area contributed by atoms with Gasteiger partial charge >= 0.3 is 0 Å². The van der Waals surface area contributed by atoms with E-state index in [1.165, 1.54) is 12.0 Å². The summed E-state index contributed by atoms with van der Waals surface area (Å²) < 4.78 is 5.16. The van der Waals surface area contributed by atoms with Crippen LogP contribution in [0.5, 0.6) is 0 Å². The first-order valence-corrected chi connectivity index (χ1v) is 10.1. The van der Waals surface area contributed by atoms with Crippen LogP contribution in [0.4, 0.5) is 11.4 Å². The molecule has 0 bridgehead atoms. The maximum atomic E-state index is 12.3. The zero-order valence-electron chi connectivity index (χ0n) is 17.6. The highest BCUT2D eigenvalue weighted by Crippen LogP contribution is 2.25. The molecule has 7 heteroatoms. The summed E-state index contributed by atoms with van der Waals surface area (Å²) in [5, 5.41) is 12.2. The fourth-order valence-corrected chi connectivity index (χ4v) is 3.55. The topological polar surface area (TPSA) is 76.2 Å². The van der Waals surface area contributed by atoms with E-state index >= 15 is 0 Å². The zero-order valence-corrected chi connectivity index (χ0v) is 17.6. The van der Waals surface area contributed by atoms with E-state index in [0.29, 0.717) is 11.2 Å². The number of amides is 1. The van der Waals surface area contributed by atoms with Crippen LogP contribution in [0.15, 0.2) is 53.1 Å². The standard InChI is InChI=1S/C23H25N5O2/c1-5-27(6-2)17-9-10-21(16(4)12-17)28-25-19-13-15(3)18(14-20(19)26-28)24-23(29)22-8-7-11-30-22/h7-14H,5-6H2,1-4H3,(H,24,29). The summed E-state index contributed by atoms with van der Waals surface area (Å²) in [6, 6.07) is 13.4. The summed E-state index contributed by atoms with van der Waals surface area (Å²) >= 11 is 0. The van der Waals surface area contributed by atoms with Gasteiger partial charge in [-0.2, -0.15) is 4.80 Å². The minimum Gasteiger partial charge on any atom is -0.459 e. The Kier molecular flexibility index (Phi) is 5.27. The third-order valence-corrected chi connectivity index (χ3v) is 5.24. The van der Waals surface area contributed by atoms with E-state index in [-0.39, 0.29) is 11.7 Å². The molecule has 1 amide bonds. The number of carbonyl (C=O) groups is 1. The second-order valence-electron chi connectivity index (χ2n) is 7.22. The molecule has 0 atom stereocenters. The molecular formula is C23H25N5O2. The summed E-state index contributed by atoms with van der Waals surface area (Å²) in [6.07, 6.45) is 1.48. The number of anilines is 2. The molecule has 1 N–H and O–H groups in total. The number of nitrogens with zero attached hydrogens (tertiary/aromatic N) is 4.